The van der Waals surface area contributed by atoms with E-state index < -0.39 is 15.8 Å². The molecule has 4 N–H and O–H groups in total. The van der Waals surface area contributed by atoms with Crippen molar-refractivity contribution in [3.8, 4) is 0 Å². The monoisotopic (exact) mass is 595 g/mol. The number of nitrogens with zero attached hydrogens (tertiary/aromatic N) is 2. The van der Waals surface area contributed by atoms with Crippen LogP contribution in [0.25, 0.3) is 0 Å². The van der Waals surface area contributed by atoms with Gasteiger partial charge < -0.3 is 25.6 Å². The van der Waals surface area contributed by atoms with E-state index in [0.29, 0.717) is 49.8 Å². The van der Waals surface area contributed by atoms with Crippen LogP contribution in [0.3, 0.4) is 0 Å². The molecule has 0 saturated carbocycles. The van der Waals surface area contributed by atoms with Crippen LogP contribution in [0.2, 0.25) is 0 Å². The van der Waals surface area contributed by atoms with Crippen LogP contribution in [-0.2, 0) is 30.6 Å². The predicted octanol–water partition coefficient (Wildman–Crippen LogP) is 2.54. The molecule has 0 radical (unpaired) electrons. The topological polar surface area (TPSA) is 154 Å². The summed E-state index contributed by atoms with van der Waals surface area (Å²) in [7, 11) is -3.90. The summed E-state index contributed by atoms with van der Waals surface area (Å²) in [5.74, 6) is -1.02. The maximum absolute atomic E-state index is 13.9. The van der Waals surface area contributed by atoms with Crippen molar-refractivity contribution >= 4 is 39.0 Å². The molecule has 11 heteroatoms. The molecule has 0 aromatic heterocycles. The predicted molar refractivity (Wildman–Crippen MR) is 162 cm³/mol. The zero-order chi connectivity index (χ0) is 30.3. The third-order valence-electron chi connectivity index (χ3n) is 8.14. The van der Waals surface area contributed by atoms with Gasteiger partial charge in [-0.25, -0.2) is 8.42 Å². The Kier molecular flexibility index (Phi) is 10.5. The van der Waals surface area contributed by atoms with Gasteiger partial charge in [0.15, 0.2) is 9.84 Å². The number of nitrogen functional groups attached to an aromatic ring is 1. The number of carbonyl (C=O) groups is 3. The molecule has 42 heavy (non-hydrogen) atoms. The number of nitrogens with two attached hydrogens (primary N) is 1. The highest BCUT2D eigenvalue weighted by atomic mass is 32.2. The molecule has 1 atom stereocenters. The number of benzene rings is 2. The molecule has 4 rings (SSSR count). The summed E-state index contributed by atoms with van der Waals surface area (Å²) in [4.78, 5) is 41.0. The molecular weight excluding hydrogens is 554 g/mol. The number of rotatable bonds is 12. The Balaban J connectivity index is 1.53. The van der Waals surface area contributed by atoms with Gasteiger partial charge in [-0.05, 0) is 74.8 Å². The van der Waals surface area contributed by atoms with E-state index in [1.54, 1.807) is 47.1 Å². The first-order chi connectivity index (χ1) is 20.0. The van der Waals surface area contributed by atoms with Gasteiger partial charge in [-0.15, -0.1) is 0 Å². The van der Waals surface area contributed by atoms with Gasteiger partial charge >= 0.3 is 0 Å². The number of hydrogen-bond donors (Lipinski definition) is 3. The molecule has 2 saturated heterocycles. The second kappa shape index (κ2) is 14.1. The summed E-state index contributed by atoms with van der Waals surface area (Å²) in [6.45, 7) is 3.96. The van der Waals surface area contributed by atoms with Crippen molar-refractivity contribution in [2.45, 2.75) is 50.3 Å². The van der Waals surface area contributed by atoms with E-state index in [1.807, 2.05) is 6.07 Å². The Morgan fingerprint density at radius 3 is 2.52 bits per heavy atom. The maximum Gasteiger partial charge on any atom is 0.240 e. The number of nitrogens with one attached hydrogen (secondary N) is 2. The molecule has 2 fully saturated rings. The first-order valence-electron chi connectivity index (χ1n) is 14.6. The maximum atomic E-state index is 13.9. The Morgan fingerprint density at radius 1 is 1.10 bits per heavy atom. The summed E-state index contributed by atoms with van der Waals surface area (Å²) in [5.41, 5.74) is 7.45. The number of anilines is 1. The molecule has 2 aliphatic rings. The molecule has 0 unspecified atom stereocenters. The fraction of sp³-hybridized carbons (Fsp3) is 0.484. The molecule has 2 aliphatic heterocycles. The van der Waals surface area contributed by atoms with Gasteiger partial charge in [-0.3, -0.25) is 15.0 Å². The molecule has 0 aliphatic carbocycles. The van der Waals surface area contributed by atoms with E-state index in [9.17, 15) is 22.8 Å². The second-order valence-corrected chi connectivity index (χ2v) is 13.4. The fourth-order valence-corrected chi connectivity index (χ4v) is 7.36. The average Bonchev–Trinajstić information content (AvgIpc) is 2.97. The molecule has 0 spiro atoms. The van der Waals surface area contributed by atoms with Gasteiger partial charge in [-0.1, -0.05) is 24.3 Å². The number of ketones is 1. The smallest absolute Gasteiger partial charge is 0.240 e. The van der Waals surface area contributed by atoms with E-state index in [0.717, 1.165) is 31.2 Å². The lowest BCUT2D eigenvalue weighted by molar-refractivity contribution is -0.136. The van der Waals surface area contributed by atoms with Crippen LogP contribution >= 0.6 is 0 Å². The van der Waals surface area contributed by atoms with E-state index in [4.69, 9.17) is 11.1 Å². The summed E-state index contributed by atoms with van der Waals surface area (Å²) >= 11 is 0. The molecule has 2 amide bonds. The SMILES string of the molecule is CC(=O)CCCC1CCN(C(=O)[C@H](Cc2cccc(C(=N)N)c2)CS(=O)(=O)c2cccc(N3CCNCC3=O)c2)CC1. The van der Waals surface area contributed by atoms with E-state index in [2.05, 4.69) is 5.32 Å². The Labute approximate surface area is 248 Å². The molecular formula is C31H41N5O5S. The second-order valence-electron chi connectivity index (χ2n) is 11.4. The van der Waals surface area contributed by atoms with Crippen LogP contribution in [0.1, 0.15) is 50.2 Å². The number of amides is 2. The van der Waals surface area contributed by atoms with Crippen LogP contribution in [0.15, 0.2) is 53.4 Å². The summed E-state index contributed by atoms with van der Waals surface area (Å²) < 4.78 is 27.5. The van der Waals surface area contributed by atoms with Crippen molar-refractivity contribution in [2.75, 3.05) is 43.4 Å². The molecule has 226 valence electrons. The Morgan fingerprint density at radius 2 is 1.83 bits per heavy atom. The highest BCUT2D eigenvalue weighted by molar-refractivity contribution is 7.91. The van der Waals surface area contributed by atoms with Crippen molar-refractivity contribution < 1.29 is 22.8 Å². The van der Waals surface area contributed by atoms with Crippen LogP contribution in [0.5, 0.6) is 0 Å². The first kappa shape index (κ1) is 31.4. The number of piperidine rings is 1. The van der Waals surface area contributed by atoms with Gasteiger partial charge in [0, 0.05) is 43.9 Å². The van der Waals surface area contributed by atoms with Gasteiger partial charge in [0.05, 0.1) is 23.1 Å². The summed E-state index contributed by atoms with van der Waals surface area (Å²) in [6, 6.07) is 13.4. The highest BCUT2D eigenvalue weighted by Crippen LogP contribution is 2.27. The molecule has 2 aromatic rings. The largest absolute Gasteiger partial charge is 0.384 e. The summed E-state index contributed by atoms with van der Waals surface area (Å²) in [6.07, 6.45) is 4.20. The van der Waals surface area contributed by atoms with Crippen molar-refractivity contribution in [2.24, 2.45) is 17.6 Å². The van der Waals surface area contributed by atoms with E-state index in [-0.39, 0.29) is 47.0 Å². The third kappa shape index (κ3) is 8.25. The normalized spacial score (nSPS) is 17.2. The lowest BCUT2D eigenvalue weighted by Crippen LogP contribution is -2.48. The van der Waals surface area contributed by atoms with Gasteiger partial charge in [0.25, 0.3) is 0 Å². The first-order valence-corrected chi connectivity index (χ1v) is 16.2. The lowest BCUT2D eigenvalue weighted by Gasteiger charge is -2.34. The van der Waals surface area contributed by atoms with Gasteiger partial charge in [0.2, 0.25) is 11.8 Å². The average molecular weight is 596 g/mol. The molecule has 10 nitrogen and oxygen atoms in total. The molecule has 2 heterocycles. The Hall–Kier alpha value is -3.57. The van der Waals surface area contributed by atoms with Crippen LogP contribution in [0.4, 0.5) is 5.69 Å². The number of Topliss-reactive ketones (excluding diaryl/α,β-unsaturated/α-hetero) is 1. The van der Waals surface area contributed by atoms with Crippen LogP contribution < -0.4 is 16.0 Å². The minimum Gasteiger partial charge on any atom is -0.384 e. The number of amidine groups is 1. The van der Waals surface area contributed by atoms with Gasteiger partial charge in [0.1, 0.15) is 11.6 Å². The van der Waals surface area contributed by atoms with Crippen molar-refractivity contribution in [1.82, 2.24) is 10.2 Å². The van der Waals surface area contributed by atoms with Crippen molar-refractivity contribution in [3.05, 3.63) is 59.7 Å². The minimum absolute atomic E-state index is 0.0748. The summed E-state index contributed by atoms with van der Waals surface area (Å²) in [5, 5.41) is 10.8. The third-order valence-corrected chi connectivity index (χ3v) is 9.95. The Bertz CT molecular complexity index is 1420. The standard InChI is InChI=1S/C31H41N5O5S/c1-22(37)5-2-6-23-11-14-35(15-12-23)31(39)26(18-24-7-3-8-25(17-24)30(32)33)21-42(40,41)28-10-4-9-27(19-28)36-16-13-34-20-29(36)38/h3-4,7-10,17,19,23,26,34H,2,5-6,11-16,18,20-21H2,1H3,(H3,32,33)/t26-/m1/s1. The van der Waals surface area contributed by atoms with Crippen LogP contribution in [0, 0.1) is 17.2 Å². The number of piperazine rings is 1. The zero-order valence-electron chi connectivity index (χ0n) is 24.2. The van der Waals surface area contributed by atoms with E-state index in [1.165, 1.54) is 12.1 Å². The van der Waals surface area contributed by atoms with Crippen LogP contribution in [-0.4, -0.2) is 75.2 Å². The van der Waals surface area contributed by atoms with Crippen molar-refractivity contribution in [1.29, 1.82) is 5.41 Å². The fourth-order valence-electron chi connectivity index (χ4n) is 5.79. The quantitative estimate of drug-likeness (QED) is 0.252. The number of hydrogen-bond acceptors (Lipinski definition) is 7. The lowest BCUT2D eigenvalue weighted by atomic mass is 9.90. The molecule has 0 bridgehead atoms. The van der Waals surface area contributed by atoms with E-state index >= 15 is 0 Å². The molecule has 2 aromatic carbocycles. The highest BCUT2D eigenvalue weighted by Gasteiger charge is 2.33. The van der Waals surface area contributed by atoms with Gasteiger partial charge in [-0.2, -0.15) is 0 Å². The number of likely N-dealkylation sites (tertiary alicyclic amines) is 1. The minimum atomic E-state index is -3.90. The van der Waals surface area contributed by atoms with Crippen molar-refractivity contribution in [3.63, 3.8) is 0 Å². The number of sulfone groups is 1. The zero-order valence-corrected chi connectivity index (χ0v) is 25.0. The number of carbonyl (C=O) groups excluding carboxylic acids is 3.